The van der Waals surface area contributed by atoms with Crippen molar-refractivity contribution in [3.8, 4) is 6.07 Å². The lowest BCUT2D eigenvalue weighted by Gasteiger charge is -2.42. The summed E-state index contributed by atoms with van der Waals surface area (Å²) in [6.07, 6.45) is 1.77. The Hall–Kier alpha value is -2.64. The summed E-state index contributed by atoms with van der Waals surface area (Å²) in [5.41, 5.74) is 2.33. The van der Waals surface area contributed by atoms with Crippen molar-refractivity contribution in [2.24, 2.45) is 5.92 Å². The monoisotopic (exact) mass is 332 g/mol. The van der Waals surface area contributed by atoms with Gasteiger partial charge >= 0.3 is 0 Å². The minimum absolute atomic E-state index is 0.0602. The average molecular weight is 332 g/mol. The number of benzene rings is 2. The van der Waals surface area contributed by atoms with Gasteiger partial charge in [-0.25, -0.2) is 0 Å². The molecular weight excluding hydrogens is 312 g/mol. The molecule has 1 aliphatic heterocycles. The molecule has 1 heterocycles. The third-order valence-corrected chi connectivity index (χ3v) is 5.31. The van der Waals surface area contributed by atoms with E-state index in [1.165, 1.54) is 5.56 Å². The van der Waals surface area contributed by atoms with Gasteiger partial charge in [0.2, 0.25) is 5.91 Å². The first-order valence-corrected chi connectivity index (χ1v) is 8.69. The maximum atomic E-state index is 12.5. The van der Waals surface area contributed by atoms with Crippen molar-refractivity contribution in [1.82, 2.24) is 5.32 Å². The van der Waals surface area contributed by atoms with Crippen LogP contribution in [0.4, 0.5) is 0 Å². The smallest absolute Gasteiger partial charge is 0.223 e. The summed E-state index contributed by atoms with van der Waals surface area (Å²) in [7, 11) is 0. The zero-order valence-electron chi connectivity index (χ0n) is 13.9. The van der Waals surface area contributed by atoms with Crippen LogP contribution in [0.1, 0.15) is 35.4 Å². The Morgan fingerprint density at radius 2 is 2.04 bits per heavy atom. The Balaban J connectivity index is 1.40. The molecule has 2 aromatic carbocycles. The maximum absolute atomic E-state index is 12.5. The number of hydrogen-bond donors (Lipinski definition) is 1. The lowest BCUT2D eigenvalue weighted by Crippen LogP contribution is -2.50. The number of amides is 1. The van der Waals surface area contributed by atoms with E-state index in [9.17, 15) is 4.79 Å². The van der Waals surface area contributed by atoms with Crippen LogP contribution in [0, 0.1) is 17.2 Å². The molecule has 1 saturated heterocycles. The molecular formula is C21H20N2O2. The molecule has 126 valence electrons. The van der Waals surface area contributed by atoms with Crippen molar-refractivity contribution < 1.29 is 9.53 Å². The van der Waals surface area contributed by atoms with Crippen LogP contribution in [-0.4, -0.2) is 19.1 Å². The molecule has 2 aromatic rings. The molecule has 25 heavy (non-hydrogen) atoms. The topological polar surface area (TPSA) is 62.1 Å². The van der Waals surface area contributed by atoms with E-state index in [4.69, 9.17) is 10.00 Å². The van der Waals surface area contributed by atoms with Gasteiger partial charge in [0.1, 0.15) is 5.60 Å². The lowest BCUT2D eigenvalue weighted by atomic mass is 9.85. The van der Waals surface area contributed by atoms with Gasteiger partial charge in [0.25, 0.3) is 0 Å². The number of ether oxygens (including phenoxy) is 1. The average Bonchev–Trinajstić information content (AvgIpc) is 3.42. The quantitative estimate of drug-likeness (QED) is 0.915. The fraction of sp³-hybridized carbons (Fsp3) is 0.333. The number of hydrogen-bond acceptors (Lipinski definition) is 3. The van der Waals surface area contributed by atoms with Crippen molar-refractivity contribution >= 4 is 5.91 Å². The van der Waals surface area contributed by atoms with E-state index in [2.05, 4.69) is 23.5 Å². The van der Waals surface area contributed by atoms with Gasteiger partial charge in [0, 0.05) is 12.3 Å². The molecule has 0 bridgehead atoms. The third kappa shape index (κ3) is 3.04. The number of nitriles is 1. The van der Waals surface area contributed by atoms with Gasteiger partial charge in [0.05, 0.1) is 24.8 Å². The van der Waals surface area contributed by atoms with Gasteiger partial charge in [-0.05, 0) is 35.6 Å². The summed E-state index contributed by atoms with van der Waals surface area (Å²) in [5.74, 6) is 0.492. The number of carbonyl (C=O) groups excluding carboxylic acids is 1. The summed E-state index contributed by atoms with van der Waals surface area (Å²) >= 11 is 0. The predicted molar refractivity (Wildman–Crippen MR) is 93.7 cm³/mol. The molecule has 0 radical (unpaired) electrons. The summed E-state index contributed by atoms with van der Waals surface area (Å²) in [5, 5.41) is 12.2. The molecule has 0 spiro atoms. The summed E-state index contributed by atoms with van der Waals surface area (Å²) in [6.45, 7) is 1.14. The number of nitrogens with one attached hydrogen (secondary N) is 1. The SMILES string of the molecule is N#Cc1cccc([C@]2(CNC(=O)[C@H]3C[C@@H]3c3ccccc3)CCO2)c1. The molecule has 0 aromatic heterocycles. The van der Waals surface area contributed by atoms with E-state index >= 15 is 0 Å². The highest BCUT2D eigenvalue weighted by Crippen LogP contribution is 2.47. The molecule has 1 N–H and O–H groups in total. The first kappa shape index (κ1) is 15.9. The van der Waals surface area contributed by atoms with Crippen LogP contribution in [0.25, 0.3) is 0 Å². The highest BCUT2D eigenvalue weighted by atomic mass is 16.5. The Morgan fingerprint density at radius 3 is 2.72 bits per heavy atom. The molecule has 1 aliphatic carbocycles. The van der Waals surface area contributed by atoms with Crippen LogP contribution >= 0.6 is 0 Å². The van der Waals surface area contributed by atoms with Crippen molar-refractivity contribution in [2.75, 3.05) is 13.2 Å². The van der Waals surface area contributed by atoms with Gasteiger partial charge in [-0.2, -0.15) is 5.26 Å². The van der Waals surface area contributed by atoms with E-state index < -0.39 is 5.60 Å². The van der Waals surface area contributed by atoms with Crippen LogP contribution < -0.4 is 5.32 Å². The molecule has 1 saturated carbocycles. The Labute approximate surface area is 147 Å². The van der Waals surface area contributed by atoms with E-state index in [1.54, 1.807) is 6.07 Å². The molecule has 4 rings (SSSR count). The lowest BCUT2D eigenvalue weighted by molar-refractivity contribution is -0.155. The van der Waals surface area contributed by atoms with E-state index in [0.717, 1.165) is 18.4 Å². The van der Waals surface area contributed by atoms with E-state index in [0.29, 0.717) is 24.6 Å². The van der Waals surface area contributed by atoms with Gasteiger partial charge in [-0.15, -0.1) is 0 Å². The zero-order valence-corrected chi connectivity index (χ0v) is 13.9. The summed E-state index contributed by atoms with van der Waals surface area (Å²) in [4.78, 5) is 12.5. The Morgan fingerprint density at radius 1 is 1.24 bits per heavy atom. The molecule has 1 amide bonds. The molecule has 0 unspecified atom stereocenters. The first-order valence-electron chi connectivity index (χ1n) is 8.69. The normalized spacial score (nSPS) is 27.0. The molecule has 4 heteroatoms. The maximum Gasteiger partial charge on any atom is 0.223 e. The minimum atomic E-state index is -0.486. The summed E-state index contributed by atoms with van der Waals surface area (Å²) < 4.78 is 5.84. The Kier molecular flexibility index (Phi) is 4.03. The fourth-order valence-corrected chi connectivity index (χ4v) is 3.60. The second kappa shape index (κ2) is 6.34. The second-order valence-electron chi connectivity index (χ2n) is 6.86. The van der Waals surface area contributed by atoms with E-state index in [-0.39, 0.29) is 11.8 Å². The highest BCUT2D eigenvalue weighted by Gasteiger charge is 2.46. The first-order chi connectivity index (χ1) is 12.2. The van der Waals surface area contributed by atoms with Gasteiger partial charge in [-0.1, -0.05) is 42.5 Å². The summed E-state index contributed by atoms with van der Waals surface area (Å²) in [6, 6.07) is 19.8. The highest BCUT2D eigenvalue weighted by molar-refractivity contribution is 5.83. The molecule has 4 nitrogen and oxygen atoms in total. The number of rotatable bonds is 5. The molecule has 3 atom stereocenters. The Bertz CT molecular complexity index is 821. The zero-order chi connectivity index (χ0) is 17.3. The van der Waals surface area contributed by atoms with Gasteiger partial charge in [0.15, 0.2) is 0 Å². The number of carbonyl (C=O) groups is 1. The number of nitrogens with zero attached hydrogens (tertiary/aromatic N) is 1. The van der Waals surface area contributed by atoms with Crippen molar-refractivity contribution in [1.29, 1.82) is 5.26 Å². The largest absolute Gasteiger partial charge is 0.368 e. The standard InChI is InChI=1S/C21H20N2O2/c22-13-15-5-4-8-17(11-15)21(9-10-25-21)14-23-20(24)19-12-18(19)16-6-2-1-3-7-16/h1-8,11,18-19H,9-10,12,14H2,(H,23,24)/t18-,19+,21-/m1/s1. The molecule has 2 fully saturated rings. The fourth-order valence-electron chi connectivity index (χ4n) is 3.60. The minimum Gasteiger partial charge on any atom is -0.368 e. The van der Waals surface area contributed by atoms with Gasteiger partial charge in [-0.3, -0.25) is 4.79 Å². The predicted octanol–water partition coefficient (Wildman–Crippen LogP) is 3.09. The third-order valence-electron chi connectivity index (χ3n) is 5.31. The van der Waals surface area contributed by atoms with Crippen LogP contribution in [-0.2, 0) is 15.1 Å². The van der Waals surface area contributed by atoms with Crippen LogP contribution in [0.15, 0.2) is 54.6 Å². The van der Waals surface area contributed by atoms with Crippen molar-refractivity contribution in [3.05, 3.63) is 71.3 Å². The van der Waals surface area contributed by atoms with Crippen molar-refractivity contribution in [3.63, 3.8) is 0 Å². The van der Waals surface area contributed by atoms with E-state index in [1.807, 2.05) is 36.4 Å². The van der Waals surface area contributed by atoms with Crippen molar-refractivity contribution in [2.45, 2.75) is 24.4 Å². The van der Waals surface area contributed by atoms with Gasteiger partial charge < -0.3 is 10.1 Å². The second-order valence-corrected chi connectivity index (χ2v) is 6.86. The van der Waals surface area contributed by atoms with Crippen LogP contribution in [0.3, 0.4) is 0 Å². The van der Waals surface area contributed by atoms with Crippen LogP contribution in [0.2, 0.25) is 0 Å². The van der Waals surface area contributed by atoms with Crippen LogP contribution in [0.5, 0.6) is 0 Å². The molecule has 2 aliphatic rings.